The number of nitrogens with zero attached hydrogens (tertiary/aromatic N) is 2. The molecule has 1 aliphatic rings. The molecule has 25 heavy (non-hydrogen) atoms. The summed E-state index contributed by atoms with van der Waals surface area (Å²) in [5, 5.41) is 10.5. The standard InChI is InChI=1S/C18H25N5O2/c1-18(2)11-23(10-8-14(18)19)15(24)7-9-20-17(25)16-12-5-3-4-6-13(12)21-22-16/h3-6,14H,7-11,19H2,1-2H3,(H,20,25)(H,21,22). The molecule has 2 aromatic rings. The van der Waals surface area contributed by atoms with Gasteiger partial charge in [-0.3, -0.25) is 14.7 Å². The smallest absolute Gasteiger partial charge is 0.272 e. The Morgan fingerprint density at radius 3 is 2.92 bits per heavy atom. The molecule has 1 unspecified atom stereocenters. The van der Waals surface area contributed by atoms with Crippen LogP contribution in [0.1, 0.15) is 37.2 Å². The van der Waals surface area contributed by atoms with E-state index in [1.54, 1.807) is 0 Å². The molecule has 0 aliphatic carbocycles. The van der Waals surface area contributed by atoms with Crippen LogP contribution < -0.4 is 11.1 Å². The van der Waals surface area contributed by atoms with Crippen molar-refractivity contribution in [1.29, 1.82) is 0 Å². The van der Waals surface area contributed by atoms with E-state index < -0.39 is 0 Å². The average Bonchev–Trinajstić information content (AvgIpc) is 3.01. The molecule has 7 nitrogen and oxygen atoms in total. The first-order valence-corrected chi connectivity index (χ1v) is 8.63. The van der Waals surface area contributed by atoms with Gasteiger partial charge in [0, 0.05) is 37.5 Å². The number of nitrogens with two attached hydrogens (primary N) is 1. The second kappa shape index (κ2) is 6.84. The second-order valence-electron chi connectivity index (χ2n) is 7.32. The first kappa shape index (κ1) is 17.4. The number of carbonyl (C=O) groups is 2. The fourth-order valence-corrected chi connectivity index (χ4v) is 3.25. The number of para-hydroxylation sites is 1. The van der Waals surface area contributed by atoms with Gasteiger partial charge in [-0.25, -0.2) is 0 Å². The first-order valence-electron chi connectivity index (χ1n) is 8.63. The van der Waals surface area contributed by atoms with Gasteiger partial charge >= 0.3 is 0 Å². The van der Waals surface area contributed by atoms with Crippen LogP contribution in [-0.2, 0) is 4.79 Å². The van der Waals surface area contributed by atoms with Gasteiger partial charge in [0.2, 0.25) is 5.91 Å². The highest BCUT2D eigenvalue weighted by atomic mass is 16.2. The molecule has 3 rings (SSSR count). The minimum atomic E-state index is -0.272. The summed E-state index contributed by atoms with van der Waals surface area (Å²) < 4.78 is 0. The van der Waals surface area contributed by atoms with Gasteiger partial charge in [0.15, 0.2) is 5.69 Å². The largest absolute Gasteiger partial charge is 0.350 e. The van der Waals surface area contributed by atoms with E-state index in [1.165, 1.54) is 0 Å². The van der Waals surface area contributed by atoms with Gasteiger partial charge in [-0.15, -0.1) is 0 Å². The van der Waals surface area contributed by atoms with E-state index in [-0.39, 0.29) is 29.7 Å². The monoisotopic (exact) mass is 343 g/mol. The highest BCUT2D eigenvalue weighted by Gasteiger charge is 2.35. The average molecular weight is 343 g/mol. The van der Waals surface area contributed by atoms with E-state index >= 15 is 0 Å². The van der Waals surface area contributed by atoms with Crippen molar-refractivity contribution in [3.63, 3.8) is 0 Å². The summed E-state index contributed by atoms with van der Waals surface area (Å²) in [5.74, 6) is -0.224. The SMILES string of the molecule is CC1(C)CN(C(=O)CCNC(=O)c2n[nH]c3ccccc23)CCC1N. The molecule has 1 saturated heterocycles. The number of amides is 2. The fraction of sp³-hybridized carbons (Fsp3) is 0.500. The number of fused-ring (bicyclic) bond motifs is 1. The number of benzene rings is 1. The lowest BCUT2D eigenvalue weighted by molar-refractivity contribution is -0.134. The number of aromatic amines is 1. The van der Waals surface area contributed by atoms with Gasteiger partial charge in [-0.2, -0.15) is 5.10 Å². The third kappa shape index (κ3) is 3.66. The van der Waals surface area contributed by atoms with Crippen molar-refractivity contribution >= 4 is 22.7 Å². The second-order valence-corrected chi connectivity index (χ2v) is 7.32. The highest BCUT2D eigenvalue weighted by Crippen LogP contribution is 2.27. The molecule has 1 atom stereocenters. The van der Waals surface area contributed by atoms with Crippen LogP contribution in [-0.4, -0.2) is 52.6 Å². The van der Waals surface area contributed by atoms with Crippen LogP contribution in [0.15, 0.2) is 24.3 Å². The van der Waals surface area contributed by atoms with Crippen molar-refractivity contribution in [2.24, 2.45) is 11.1 Å². The maximum Gasteiger partial charge on any atom is 0.272 e. The predicted molar refractivity (Wildman–Crippen MR) is 96.0 cm³/mol. The van der Waals surface area contributed by atoms with Gasteiger partial charge in [-0.05, 0) is 17.9 Å². The predicted octanol–water partition coefficient (Wildman–Crippen LogP) is 1.27. The lowest BCUT2D eigenvalue weighted by atomic mass is 9.79. The maximum absolute atomic E-state index is 12.4. The maximum atomic E-state index is 12.4. The van der Waals surface area contributed by atoms with Crippen LogP contribution in [0, 0.1) is 5.41 Å². The van der Waals surface area contributed by atoms with E-state index in [2.05, 4.69) is 29.4 Å². The third-order valence-corrected chi connectivity index (χ3v) is 4.97. The number of hydrogen-bond donors (Lipinski definition) is 3. The summed E-state index contributed by atoms with van der Waals surface area (Å²) in [5.41, 5.74) is 7.20. The van der Waals surface area contributed by atoms with Crippen molar-refractivity contribution in [2.45, 2.75) is 32.7 Å². The van der Waals surface area contributed by atoms with Crippen LogP contribution in [0.25, 0.3) is 10.9 Å². The van der Waals surface area contributed by atoms with Crippen molar-refractivity contribution in [3.05, 3.63) is 30.0 Å². The number of likely N-dealkylation sites (tertiary alicyclic amines) is 1. The molecule has 0 bridgehead atoms. The van der Waals surface area contributed by atoms with Crippen LogP contribution in [0.5, 0.6) is 0 Å². The Morgan fingerprint density at radius 2 is 2.16 bits per heavy atom. The summed E-state index contributed by atoms with van der Waals surface area (Å²) in [4.78, 5) is 26.5. The van der Waals surface area contributed by atoms with Gasteiger partial charge < -0.3 is 16.0 Å². The fourth-order valence-electron chi connectivity index (χ4n) is 3.25. The summed E-state index contributed by atoms with van der Waals surface area (Å²) in [7, 11) is 0. The lowest BCUT2D eigenvalue weighted by Crippen LogP contribution is -2.54. The number of aromatic nitrogens is 2. The van der Waals surface area contributed by atoms with E-state index in [4.69, 9.17) is 5.73 Å². The minimum Gasteiger partial charge on any atom is -0.350 e. The molecule has 1 aromatic carbocycles. The normalized spacial score (nSPS) is 19.8. The van der Waals surface area contributed by atoms with E-state index in [0.717, 1.165) is 17.3 Å². The molecule has 1 aliphatic heterocycles. The van der Waals surface area contributed by atoms with Gasteiger partial charge in [0.1, 0.15) is 0 Å². The zero-order valence-corrected chi connectivity index (χ0v) is 14.7. The molecule has 134 valence electrons. The summed E-state index contributed by atoms with van der Waals surface area (Å²) >= 11 is 0. The molecule has 0 spiro atoms. The molecule has 2 amide bonds. The molecule has 1 aromatic heterocycles. The summed E-state index contributed by atoms with van der Waals surface area (Å²) in [6.45, 7) is 5.80. The number of rotatable bonds is 4. The molecule has 4 N–H and O–H groups in total. The Labute approximate surface area is 146 Å². The lowest BCUT2D eigenvalue weighted by Gasteiger charge is -2.42. The van der Waals surface area contributed by atoms with Gasteiger partial charge in [-0.1, -0.05) is 32.0 Å². The van der Waals surface area contributed by atoms with Crippen molar-refractivity contribution in [1.82, 2.24) is 20.4 Å². The highest BCUT2D eigenvalue weighted by molar-refractivity contribution is 6.04. The van der Waals surface area contributed by atoms with E-state index in [9.17, 15) is 9.59 Å². The third-order valence-electron chi connectivity index (χ3n) is 4.97. The molecular formula is C18H25N5O2. The van der Waals surface area contributed by atoms with Gasteiger partial charge in [0.25, 0.3) is 5.91 Å². The Bertz CT molecular complexity index is 783. The van der Waals surface area contributed by atoms with Crippen LogP contribution >= 0.6 is 0 Å². The molecule has 0 saturated carbocycles. The van der Waals surface area contributed by atoms with E-state index in [1.807, 2.05) is 29.2 Å². The zero-order valence-electron chi connectivity index (χ0n) is 14.7. The van der Waals surface area contributed by atoms with Gasteiger partial charge in [0.05, 0.1) is 5.52 Å². The number of piperidine rings is 1. The van der Waals surface area contributed by atoms with E-state index in [0.29, 0.717) is 25.3 Å². The topological polar surface area (TPSA) is 104 Å². The Morgan fingerprint density at radius 1 is 1.40 bits per heavy atom. The van der Waals surface area contributed by atoms with Crippen molar-refractivity contribution < 1.29 is 9.59 Å². The summed E-state index contributed by atoms with van der Waals surface area (Å²) in [6.07, 6.45) is 1.09. The van der Waals surface area contributed by atoms with Crippen LogP contribution in [0.2, 0.25) is 0 Å². The number of nitrogens with one attached hydrogen (secondary N) is 2. The van der Waals surface area contributed by atoms with Crippen LogP contribution in [0.3, 0.4) is 0 Å². The zero-order chi connectivity index (χ0) is 18.0. The molecular weight excluding hydrogens is 318 g/mol. The quantitative estimate of drug-likeness (QED) is 0.777. The Kier molecular flexibility index (Phi) is 4.76. The van der Waals surface area contributed by atoms with Crippen molar-refractivity contribution in [2.75, 3.05) is 19.6 Å². The number of carbonyl (C=O) groups excluding carboxylic acids is 2. The number of H-pyrrole nitrogens is 1. The van der Waals surface area contributed by atoms with Crippen molar-refractivity contribution in [3.8, 4) is 0 Å². The molecule has 0 radical (unpaired) electrons. The van der Waals surface area contributed by atoms with Crippen LogP contribution in [0.4, 0.5) is 0 Å². The molecule has 2 heterocycles. The minimum absolute atomic E-state index is 0.0483. The molecule has 1 fully saturated rings. The molecule has 7 heteroatoms. The Hall–Kier alpha value is -2.41. The number of hydrogen-bond acceptors (Lipinski definition) is 4. The first-order chi connectivity index (χ1) is 11.9. The summed E-state index contributed by atoms with van der Waals surface area (Å²) in [6, 6.07) is 7.57. The Balaban J connectivity index is 1.52.